The van der Waals surface area contributed by atoms with Crippen LogP contribution in [0.3, 0.4) is 0 Å². The topological polar surface area (TPSA) is 12.5 Å². The fourth-order valence-electron chi connectivity index (χ4n) is 4.11. The van der Waals surface area contributed by atoms with Gasteiger partial charge in [0.25, 0.3) is 0 Å². The minimum Gasteiger partial charge on any atom is -0.372 e. The van der Waals surface area contributed by atoms with Crippen molar-refractivity contribution >= 4 is 23.2 Å². The molecule has 2 aromatic rings. The predicted octanol–water partition coefficient (Wildman–Crippen LogP) is 6.57. The Labute approximate surface area is 172 Å². The molecule has 2 aliphatic rings. The minimum atomic E-state index is 0.553. The maximum Gasteiger partial charge on any atom is 0.0724 e. The Hall–Kier alpha value is -1.06. The van der Waals surface area contributed by atoms with E-state index in [0.29, 0.717) is 23.3 Å². The molecule has 144 valence electrons. The smallest absolute Gasteiger partial charge is 0.0724 e. The van der Waals surface area contributed by atoms with Crippen molar-refractivity contribution in [2.24, 2.45) is 0 Å². The average molecular weight is 404 g/mol. The molecule has 27 heavy (non-hydrogen) atoms. The van der Waals surface area contributed by atoms with Crippen molar-refractivity contribution in [1.82, 2.24) is 4.90 Å². The Morgan fingerprint density at radius 3 is 2.33 bits per heavy atom. The number of benzene rings is 2. The van der Waals surface area contributed by atoms with Crippen LogP contribution in [-0.4, -0.2) is 18.0 Å². The zero-order valence-corrected chi connectivity index (χ0v) is 17.2. The van der Waals surface area contributed by atoms with Crippen LogP contribution in [0.25, 0.3) is 0 Å². The van der Waals surface area contributed by atoms with Crippen molar-refractivity contribution in [3.63, 3.8) is 0 Å². The molecule has 1 aliphatic carbocycles. The molecule has 1 saturated heterocycles. The van der Waals surface area contributed by atoms with Gasteiger partial charge in [0.1, 0.15) is 0 Å². The van der Waals surface area contributed by atoms with Crippen LogP contribution in [0.5, 0.6) is 0 Å². The van der Waals surface area contributed by atoms with Crippen molar-refractivity contribution in [2.45, 2.75) is 57.8 Å². The van der Waals surface area contributed by atoms with Gasteiger partial charge < -0.3 is 4.74 Å². The highest BCUT2D eigenvalue weighted by Crippen LogP contribution is 2.38. The molecule has 4 rings (SSSR count). The molecule has 4 heteroatoms. The molecule has 0 unspecified atom stereocenters. The SMILES string of the molecule is Clc1ccc(COCc2cc(CN3CCCC3)ccc2C2CCC2)cc1Cl. The molecule has 0 atom stereocenters. The summed E-state index contributed by atoms with van der Waals surface area (Å²) in [4.78, 5) is 2.55. The van der Waals surface area contributed by atoms with E-state index in [1.165, 1.54) is 61.9 Å². The van der Waals surface area contributed by atoms with Gasteiger partial charge >= 0.3 is 0 Å². The third-order valence-electron chi connectivity index (χ3n) is 5.87. The van der Waals surface area contributed by atoms with Gasteiger partial charge in [-0.25, -0.2) is 0 Å². The first-order valence-corrected chi connectivity index (χ1v) is 10.8. The van der Waals surface area contributed by atoms with E-state index < -0.39 is 0 Å². The van der Waals surface area contributed by atoms with Crippen molar-refractivity contribution in [3.05, 3.63) is 68.7 Å². The lowest BCUT2D eigenvalue weighted by molar-refractivity contribution is 0.106. The van der Waals surface area contributed by atoms with E-state index >= 15 is 0 Å². The number of halogens is 2. The van der Waals surface area contributed by atoms with Crippen LogP contribution in [0, 0.1) is 0 Å². The van der Waals surface area contributed by atoms with E-state index in [9.17, 15) is 0 Å². The third kappa shape index (κ3) is 4.86. The number of rotatable bonds is 7. The molecule has 1 heterocycles. The summed E-state index contributed by atoms with van der Waals surface area (Å²) < 4.78 is 6.07. The lowest BCUT2D eigenvalue weighted by Crippen LogP contribution is -2.19. The molecule has 2 fully saturated rings. The number of ether oxygens (including phenoxy) is 1. The molecule has 2 aromatic carbocycles. The van der Waals surface area contributed by atoms with Crippen LogP contribution in [0.15, 0.2) is 36.4 Å². The summed E-state index contributed by atoms with van der Waals surface area (Å²) in [6.45, 7) is 4.73. The largest absolute Gasteiger partial charge is 0.372 e. The van der Waals surface area contributed by atoms with Crippen molar-refractivity contribution in [1.29, 1.82) is 0 Å². The molecule has 0 radical (unpaired) electrons. The zero-order valence-electron chi connectivity index (χ0n) is 15.7. The van der Waals surface area contributed by atoms with Crippen LogP contribution in [0.4, 0.5) is 0 Å². The number of hydrogen-bond donors (Lipinski definition) is 0. The van der Waals surface area contributed by atoms with Gasteiger partial charge in [-0.1, -0.05) is 53.9 Å². The van der Waals surface area contributed by atoms with Crippen molar-refractivity contribution in [2.75, 3.05) is 13.1 Å². The van der Waals surface area contributed by atoms with E-state index in [2.05, 4.69) is 23.1 Å². The molecule has 1 saturated carbocycles. The van der Waals surface area contributed by atoms with Crippen LogP contribution >= 0.6 is 23.2 Å². The van der Waals surface area contributed by atoms with Gasteiger partial charge in [0, 0.05) is 6.54 Å². The summed E-state index contributed by atoms with van der Waals surface area (Å²) >= 11 is 12.1. The maximum absolute atomic E-state index is 6.11. The summed E-state index contributed by atoms with van der Waals surface area (Å²) in [6, 6.07) is 12.8. The third-order valence-corrected chi connectivity index (χ3v) is 6.61. The van der Waals surface area contributed by atoms with Gasteiger partial charge in [-0.3, -0.25) is 4.90 Å². The van der Waals surface area contributed by atoms with E-state index in [1.54, 1.807) is 0 Å². The summed E-state index contributed by atoms with van der Waals surface area (Å²) in [5.41, 5.74) is 5.31. The van der Waals surface area contributed by atoms with Gasteiger partial charge in [-0.2, -0.15) is 0 Å². The Morgan fingerprint density at radius 1 is 0.852 bits per heavy atom. The lowest BCUT2D eigenvalue weighted by Gasteiger charge is -2.28. The summed E-state index contributed by atoms with van der Waals surface area (Å²) in [6.07, 6.45) is 6.64. The van der Waals surface area contributed by atoms with Gasteiger partial charge in [0.15, 0.2) is 0 Å². The van der Waals surface area contributed by atoms with Gasteiger partial charge in [-0.15, -0.1) is 0 Å². The zero-order chi connectivity index (χ0) is 18.6. The first-order valence-electron chi connectivity index (χ1n) is 10.0. The van der Waals surface area contributed by atoms with Crippen LogP contribution in [0.1, 0.15) is 60.3 Å². The summed E-state index contributed by atoms with van der Waals surface area (Å²) in [5, 5.41) is 1.17. The number of hydrogen-bond acceptors (Lipinski definition) is 2. The highest BCUT2D eigenvalue weighted by molar-refractivity contribution is 6.42. The van der Waals surface area contributed by atoms with E-state index in [1.807, 2.05) is 18.2 Å². The molecule has 0 spiro atoms. The van der Waals surface area contributed by atoms with Gasteiger partial charge in [0.05, 0.1) is 23.3 Å². The highest BCUT2D eigenvalue weighted by atomic mass is 35.5. The van der Waals surface area contributed by atoms with Crippen molar-refractivity contribution in [3.8, 4) is 0 Å². The molecule has 0 amide bonds. The Morgan fingerprint density at radius 2 is 1.63 bits per heavy atom. The molecule has 1 aliphatic heterocycles. The Bertz CT molecular complexity index is 782. The normalized spacial score (nSPS) is 18.0. The second kappa shape index (κ2) is 8.96. The molecule has 0 bridgehead atoms. The fraction of sp³-hybridized carbons (Fsp3) is 0.478. The molecule has 0 aromatic heterocycles. The van der Waals surface area contributed by atoms with Crippen LogP contribution in [-0.2, 0) is 24.5 Å². The number of nitrogens with zero attached hydrogens (tertiary/aromatic N) is 1. The van der Waals surface area contributed by atoms with Crippen LogP contribution < -0.4 is 0 Å². The summed E-state index contributed by atoms with van der Waals surface area (Å²) in [7, 11) is 0. The second-order valence-corrected chi connectivity index (χ2v) is 8.70. The summed E-state index contributed by atoms with van der Waals surface area (Å²) in [5.74, 6) is 0.717. The van der Waals surface area contributed by atoms with E-state index in [4.69, 9.17) is 27.9 Å². The van der Waals surface area contributed by atoms with Crippen LogP contribution in [0.2, 0.25) is 10.0 Å². The second-order valence-electron chi connectivity index (χ2n) is 7.89. The average Bonchev–Trinajstić information content (AvgIpc) is 3.11. The quantitative estimate of drug-likeness (QED) is 0.517. The first kappa shape index (κ1) is 19.3. The van der Waals surface area contributed by atoms with E-state index in [-0.39, 0.29) is 0 Å². The van der Waals surface area contributed by atoms with Gasteiger partial charge in [-0.05, 0) is 79.1 Å². The maximum atomic E-state index is 6.11. The Kier molecular flexibility index (Phi) is 6.39. The van der Waals surface area contributed by atoms with Crippen molar-refractivity contribution < 1.29 is 4.74 Å². The fourth-order valence-corrected chi connectivity index (χ4v) is 4.43. The lowest BCUT2D eigenvalue weighted by atomic mass is 9.78. The minimum absolute atomic E-state index is 0.553. The molecule has 0 N–H and O–H groups in total. The highest BCUT2D eigenvalue weighted by Gasteiger charge is 2.22. The monoisotopic (exact) mass is 403 g/mol. The molecular weight excluding hydrogens is 377 g/mol. The predicted molar refractivity (Wildman–Crippen MR) is 113 cm³/mol. The first-order chi connectivity index (χ1) is 13.2. The molecular formula is C23H27Cl2NO. The Balaban J connectivity index is 1.43. The standard InChI is InChI=1S/C23H27Cl2NO/c24-22-9-7-18(13-23(22)25)15-27-16-20-12-17(14-26-10-1-2-11-26)6-8-21(20)19-4-3-5-19/h6-9,12-13,19H,1-5,10-11,14-16H2. The van der Waals surface area contributed by atoms with E-state index in [0.717, 1.165) is 18.0 Å². The number of likely N-dealkylation sites (tertiary alicyclic amines) is 1. The van der Waals surface area contributed by atoms with Gasteiger partial charge in [0.2, 0.25) is 0 Å². The molecule has 2 nitrogen and oxygen atoms in total.